The van der Waals surface area contributed by atoms with Crippen molar-refractivity contribution in [3.05, 3.63) is 35.4 Å². The third-order valence-electron chi connectivity index (χ3n) is 8.88. The number of rotatable bonds is 8. The number of nitrogens with zero attached hydrogens (tertiary/aromatic N) is 1. The van der Waals surface area contributed by atoms with Crippen molar-refractivity contribution in [2.24, 2.45) is 17.3 Å². The topological polar surface area (TPSA) is 40.5 Å². The minimum absolute atomic E-state index is 0.0757. The Labute approximate surface area is 202 Å². The van der Waals surface area contributed by atoms with Crippen LogP contribution in [0, 0.1) is 17.3 Å². The highest BCUT2D eigenvalue weighted by atomic mass is 19.4. The van der Waals surface area contributed by atoms with Gasteiger partial charge in [-0.3, -0.25) is 9.69 Å². The van der Waals surface area contributed by atoms with Gasteiger partial charge in [0.1, 0.15) is 0 Å². The van der Waals surface area contributed by atoms with Crippen molar-refractivity contribution >= 4 is 5.97 Å². The Hall–Kier alpha value is -1.56. The van der Waals surface area contributed by atoms with Crippen LogP contribution in [-0.2, 0) is 11.0 Å². The molecule has 4 rings (SSSR count). The molecule has 0 radical (unpaired) electrons. The molecule has 3 aliphatic carbocycles. The van der Waals surface area contributed by atoms with Crippen molar-refractivity contribution in [2.45, 2.75) is 102 Å². The Morgan fingerprint density at radius 2 is 1.65 bits per heavy atom. The van der Waals surface area contributed by atoms with Crippen LogP contribution in [0.3, 0.4) is 0 Å². The second-order valence-electron chi connectivity index (χ2n) is 11.7. The molecule has 0 bridgehead atoms. The Morgan fingerprint density at radius 1 is 1.00 bits per heavy atom. The lowest BCUT2D eigenvalue weighted by Gasteiger charge is -2.46. The van der Waals surface area contributed by atoms with E-state index in [1.807, 2.05) is 0 Å². The zero-order valence-corrected chi connectivity index (χ0v) is 20.5. The number of carbonyl (C=O) groups is 1. The van der Waals surface area contributed by atoms with Gasteiger partial charge in [0, 0.05) is 25.6 Å². The van der Waals surface area contributed by atoms with Crippen molar-refractivity contribution in [1.82, 2.24) is 4.90 Å². The van der Waals surface area contributed by atoms with Gasteiger partial charge in [-0.05, 0) is 85.8 Å². The molecule has 0 aliphatic heterocycles. The summed E-state index contributed by atoms with van der Waals surface area (Å²) in [5, 5.41) is 9.40. The minimum Gasteiger partial charge on any atom is -0.481 e. The second-order valence-corrected chi connectivity index (χ2v) is 11.7. The quantitative estimate of drug-likeness (QED) is 0.419. The highest BCUT2D eigenvalue weighted by Gasteiger charge is 2.40. The van der Waals surface area contributed by atoms with Crippen molar-refractivity contribution in [3.8, 4) is 0 Å². The summed E-state index contributed by atoms with van der Waals surface area (Å²) in [6, 6.07) is 5.96. The van der Waals surface area contributed by atoms with Crippen LogP contribution in [0.2, 0.25) is 0 Å². The summed E-state index contributed by atoms with van der Waals surface area (Å²) in [6.45, 7) is 4.53. The predicted molar refractivity (Wildman–Crippen MR) is 128 cm³/mol. The third-order valence-corrected chi connectivity index (χ3v) is 8.88. The van der Waals surface area contributed by atoms with Crippen molar-refractivity contribution in [1.29, 1.82) is 0 Å². The van der Waals surface area contributed by atoms with Crippen LogP contribution >= 0.6 is 0 Å². The summed E-state index contributed by atoms with van der Waals surface area (Å²) in [4.78, 5) is 14.1. The Morgan fingerprint density at radius 3 is 2.24 bits per heavy atom. The lowest BCUT2D eigenvalue weighted by Crippen LogP contribution is -2.48. The van der Waals surface area contributed by atoms with E-state index >= 15 is 0 Å². The standard InChI is InChI=1S/C28H40F3NO2/c1-27(14-4-5-15-27)19-32(18-20-6-2-3-7-20)25-13-8-21(17-26(33)34)16-24(25)22-9-11-23(12-10-22)28(29,30)31/h9-12,20-21,24-25H,2-8,13-19H2,1H3,(H,33,34). The van der Waals surface area contributed by atoms with Gasteiger partial charge < -0.3 is 5.11 Å². The minimum atomic E-state index is -4.35. The first kappa shape index (κ1) is 25.5. The number of halogens is 3. The lowest BCUT2D eigenvalue weighted by atomic mass is 9.72. The van der Waals surface area contributed by atoms with E-state index in [4.69, 9.17) is 0 Å². The zero-order chi connectivity index (χ0) is 24.3. The van der Waals surface area contributed by atoms with Gasteiger partial charge in [0.25, 0.3) is 0 Å². The molecule has 0 heterocycles. The Balaban J connectivity index is 1.61. The van der Waals surface area contributed by atoms with E-state index in [-0.39, 0.29) is 24.3 Å². The predicted octanol–water partition coefficient (Wildman–Crippen LogP) is 7.50. The summed E-state index contributed by atoms with van der Waals surface area (Å²) in [5.74, 6) is 0.0779. The summed E-state index contributed by atoms with van der Waals surface area (Å²) in [6.07, 6.45) is 8.51. The molecule has 3 aliphatic rings. The van der Waals surface area contributed by atoms with Crippen LogP contribution in [-0.4, -0.2) is 35.1 Å². The molecule has 1 N–H and O–H groups in total. The maximum Gasteiger partial charge on any atom is 0.416 e. The van der Waals surface area contributed by atoms with E-state index in [2.05, 4.69) is 11.8 Å². The van der Waals surface area contributed by atoms with Crippen molar-refractivity contribution in [3.63, 3.8) is 0 Å². The first-order valence-corrected chi connectivity index (χ1v) is 13.3. The molecule has 3 fully saturated rings. The molecular weight excluding hydrogens is 439 g/mol. The van der Waals surface area contributed by atoms with Gasteiger partial charge in [0.15, 0.2) is 0 Å². The molecule has 3 unspecified atom stereocenters. The Bertz CT molecular complexity index is 810. The fourth-order valence-electron chi connectivity index (χ4n) is 7.11. The van der Waals surface area contributed by atoms with Gasteiger partial charge in [-0.15, -0.1) is 0 Å². The molecule has 190 valence electrons. The Kier molecular flexibility index (Phi) is 7.95. The number of aliphatic carboxylic acids is 1. The van der Waals surface area contributed by atoms with E-state index in [0.717, 1.165) is 37.9 Å². The average Bonchev–Trinajstić information content (AvgIpc) is 3.44. The first-order chi connectivity index (χ1) is 16.1. The van der Waals surface area contributed by atoms with Crippen molar-refractivity contribution in [2.75, 3.05) is 13.1 Å². The van der Waals surface area contributed by atoms with E-state index in [9.17, 15) is 23.1 Å². The number of hydrogen-bond acceptors (Lipinski definition) is 2. The molecular formula is C28H40F3NO2. The molecule has 1 aromatic rings. The number of carboxylic acids is 1. The van der Waals surface area contributed by atoms with Crippen LogP contribution in [0.1, 0.15) is 101 Å². The average molecular weight is 480 g/mol. The molecule has 0 spiro atoms. The summed E-state index contributed by atoms with van der Waals surface area (Å²) in [7, 11) is 0. The number of alkyl halides is 3. The molecule has 0 aromatic heterocycles. The molecule has 6 heteroatoms. The van der Waals surface area contributed by atoms with Gasteiger partial charge in [-0.1, -0.05) is 44.7 Å². The number of hydrogen-bond donors (Lipinski definition) is 1. The third kappa shape index (κ3) is 6.35. The van der Waals surface area contributed by atoms with Crippen LogP contribution in [0.15, 0.2) is 24.3 Å². The SMILES string of the molecule is CC1(CN(CC2CCCC2)C2CCC(CC(=O)O)CC2c2ccc(C(F)(F)F)cc2)CCCC1. The zero-order valence-electron chi connectivity index (χ0n) is 20.5. The van der Waals surface area contributed by atoms with E-state index in [0.29, 0.717) is 11.3 Å². The maximum absolute atomic E-state index is 13.2. The normalized spacial score (nSPS) is 28.0. The molecule has 3 atom stereocenters. The number of carboxylic acid groups (broad SMARTS) is 1. The van der Waals surface area contributed by atoms with E-state index in [1.165, 1.54) is 63.5 Å². The maximum atomic E-state index is 13.2. The van der Waals surface area contributed by atoms with E-state index in [1.54, 1.807) is 12.1 Å². The molecule has 0 amide bonds. The fourth-order valence-corrected chi connectivity index (χ4v) is 7.11. The molecule has 3 saturated carbocycles. The van der Waals surface area contributed by atoms with Crippen LogP contribution in [0.4, 0.5) is 13.2 Å². The van der Waals surface area contributed by atoms with Gasteiger partial charge in [0.05, 0.1) is 5.56 Å². The van der Waals surface area contributed by atoms with E-state index < -0.39 is 17.7 Å². The number of benzene rings is 1. The van der Waals surface area contributed by atoms with Crippen LogP contribution < -0.4 is 0 Å². The molecule has 0 saturated heterocycles. The van der Waals surface area contributed by atoms with Gasteiger partial charge >= 0.3 is 12.1 Å². The summed E-state index contributed by atoms with van der Waals surface area (Å²) in [5.41, 5.74) is 0.620. The van der Waals surface area contributed by atoms with Crippen LogP contribution in [0.5, 0.6) is 0 Å². The van der Waals surface area contributed by atoms with Gasteiger partial charge in [0.2, 0.25) is 0 Å². The monoisotopic (exact) mass is 479 g/mol. The van der Waals surface area contributed by atoms with Gasteiger partial charge in [-0.2, -0.15) is 13.2 Å². The smallest absolute Gasteiger partial charge is 0.416 e. The highest BCUT2D eigenvalue weighted by molar-refractivity contribution is 5.67. The fraction of sp³-hybridized carbons (Fsp3) is 0.750. The van der Waals surface area contributed by atoms with Crippen LogP contribution in [0.25, 0.3) is 0 Å². The van der Waals surface area contributed by atoms with Gasteiger partial charge in [-0.25, -0.2) is 0 Å². The summed E-state index contributed by atoms with van der Waals surface area (Å²) < 4.78 is 39.6. The second kappa shape index (κ2) is 10.6. The molecule has 1 aromatic carbocycles. The highest BCUT2D eigenvalue weighted by Crippen LogP contribution is 2.45. The molecule has 34 heavy (non-hydrogen) atoms. The summed E-state index contributed by atoms with van der Waals surface area (Å²) >= 11 is 0. The lowest BCUT2D eigenvalue weighted by molar-refractivity contribution is -0.139. The van der Waals surface area contributed by atoms with Crippen molar-refractivity contribution < 1.29 is 23.1 Å². The largest absolute Gasteiger partial charge is 0.481 e. The molecule has 3 nitrogen and oxygen atoms in total. The first-order valence-electron chi connectivity index (χ1n) is 13.3.